The molecule has 0 aliphatic carbocycles. The van der Waals surface area contributed by atoms with Crippen molar-refractivity contribution in [2.24, 2.45) is 11.7 Å². The summed E-state index contributed by atoms with van der Waals surface area (Å²) in [6.07, 6.45) is 8.56. The minimum Gasteiger partial charge on any atom is -0.323 e. The number of hydrogen-bond donors (Lipinski definition) is 1. The average Bonchev–Trinajstić information content (AvgIpc) is 2.19. The van der Waals surface area contributed by atoms with Crippen LogP contribution < -0.4 is 5.73 Å². The third-order valence-electron chi connectivity index (χ3n) is 2.40. The van der Waals surface area contributed by atoms with Gasteiger partial charge in [0.25, 0.3) is 0 Å². The summed E-state index contributed by atoms with van der Waals surface area (Å²) in [5, 5.41) is 0. The van der Waals surface area contributed by atoms with Crippen LogP contribution in [0.3, 0.4) is 0 Å². The van der Waals surface area contributed by atoms with Crippen LogP contribution >= 0.6 is 0 Å². The van der Waals surface area contributed by atoms with Gasteiger partial charge in [0.05, 0.1) is 5.69 Å². The standard InChI is InChI=1S/C11H19N3/c1-3-4-9(2)7-10(12)11-8-13-5-6-14-11/h5-6,8-10H,3-4,7,12H2,1-2H3. The first-order chi connectivity index (χ1) is 6.74. The van der Waals surface area contributed by atoms with Gasteiger partial charge in [0.1, 0.15) is 0 Å². The lowest BCUT2D eigenvalue weighted by Crippen LogP contribution is -2.15. The maximum absolute atomic E-state index is 6.02. The second kappa shape index (κ2) is 5.70. The lowest BCUT2D eigenvalue weighted by atomic mass is 9.96. The summed E-state index contributed by atoms with van der Waals surface area (Å²) in [5.41, 5.74) is 6.92. The monoisotopic (exact) mass is 193 g/mol. The Kier molecular flexibility index (Phi) is 4.53. The first-order valence-corrected chi connectivity index (χ1v) is 5.25. The molecule has 0 saturated heterocycles. The summed E-state index contributed by atoms with van der Waals surface area (Å²) in [5.74, 6) is 0.664. The summed E-state index contributed by atoms with van der Waals surface area (Å²) >= 11 is 0. The van der Waals surface area contributed by atoms with Crippen LogP contribution in [0.2, 0.25) is 0 Å². The van der Waals surface area contributed by atoms with Gasteiger partial charge >= 0.3 is 0 Å². The van der Waals surface area contributed by atoms with E-state index in [4.69, 9.17) is 5.73 Å². The van der Waals surface area contributed by atoms with E-state index in [9.17, 15) is 0 Å². The van der Waals surface area contributed by atoms with E-state index in [0.29, 0.717) is 5.92 Å². The number of nitrogens with two attached hydrogens (primary N) is 1. The van der Waals surface area contributed by atoms with Crippen LogP contribution in [0.1, 0.15) is 44.8 Å². The molecule has 1 aromatic heterocycles. The van der Waals surface area contributed by atoms with Crippen molar-refractivity contribution < 1.29 is 0 Å². The summed E-state index contributed by atoms with van der Waals surface area (Å²) in [6.45, 7) is 4.43. The van der Waals surface area contributed by atoms with Gasteiger partial charge in [0.15, 0.2) is 0 Å². The van der Waals surface area contributed by atoms with E-state index in [0.717, 1.165) is 12.1 Å². The van der Waals surface area contributed by atoms with Crippen LogP contribution in [0, 0.1) is 5.92 Å². The van der Waals surface area contributed by atoms with E-state index in [2.05, 4.69) is 23.8 Å². The molecule has 0 saturated carbocycles. The van der Waals surface area contributed by atoms with Crippen molar-refractivity contribution in [3.63, 3.8) is 0 Å². The predicted octanol–water partition coefficient (Wildman–Crippen LogP) is 2.30. The van der Waals surface area contributed by atoms with Crippen molar-refractivity contribution in [2.45, 2.75) is 39.2 Å². The summed E-state index contributed by atoms with van der Waals surface area (Å²) in [6, 6.07) is 0.0326. The van der Waals surface area contributed by atoms with E-state index < -0.39 is 0 Å². The van der Waals surface area contributed by atoms with Crippen molar-refractivity contribution in [3.05, 3.63) is 24.3 Å². The lowest BCUT2D eigenvalue weighted by Gasteiger charge is -2.15. The number of aromatic nitrogens is 2. The van der Waals surface area contributed by atoms with Crippen LogP contribution in [-0.4, -0.2) is 9.97 Å². The molecule has 0 aliphatic rings. The van der Waals surface area contributed by atoms with Gasteiger partial charge in [0, 0.05) is 24.6 Å². The van der Waals surface area contributed by atoms with Crippen molar-refractivity contribution in [1.29, 1.82) is 0 Å². The fraction of sp³-hybridized carbons (Fsp3) is 0.636. The number of nitrogens with zero attached hydrogens (tertiary/aromatic N) is 2. The lowest BCUT2D eigenvalue weighted by molar-refractivity contribution is 0.435. The highest BCUT2D eigenvalue weighted by molar-refractivity contribution is 5.01. The Morgan fingerprint density at radius 1 is 1.43 bits per heavy atom. The Hall–Kier alpha value is -0.960. The maximum atomic E-state index is 6.02. The van der Waals surface area contributed by atoms with E-state index in [-0.39, 0.29) is 6.04 Å². The molecule has 0 fully saturated rings. The smallest absolute Gasteiger partial charge is 0.0753 e. The molecule has 0 radical (unpaired) electrons. The van der Waals surface area contributed by atoms with Crippen molar-refractivity contribution in [1.82, 2.24) is 9.97 Å². The van der Waals surface area contributed by atoms with Gasteiger partial charge in [-0.15, -0.1) is 0 Å². The molecule has 0 aliphatic heterocycles. The topological polar surface area (TPSA) is 51.8 Å². The van der Waals surface area contributed by atoms with Crippen LogP contribution in [0.5, 0.6) is 0 Å². The molecule has 1 heterocycles. The highest BCUT2D eigenvalue weighted by Crippen LogP contribution is 2.19. The third kappa shape index (κ3) is 3.42. The van der Waals surface area contributed by atoms with Gasteiger partial charge < -0.3 is 5.73 Å². The molecule has 0 amide bonds. The molecule has 0 aromatic carbocycles. The first-order valence-electron chi connectivity index (χ1n) is 5.25. The van der Waals surface area contributed by atoms with Gasteiger partial charge in [0.2, 0.25) is 0 Å². The zero-order valence-corrected chi connectivity index (χ0v) is 8.98. The molecule has 2 N–H and O–H groups in total. The molecule has 3 heteroatoms. The predicted molar refractivity (Wildman–Crippen MR) is 57.6 cm³/mol. The molecule has 3 nitrogen and oxygen atoms in total. The van der Waals surface area contributed by atoms with Gasteiger partial charge in [-0.25, -0.2) is 0 Å². The van der Waals surface area contributed by atoms with Gasteiger partial charge in [-0.3, -0.25) is 9.97 Å². The van der Waals surface area contributed by atoms with Crippen LogP contribution in [0.15, 0.2) is 18.6 Å². The molecule has 2 unspecified atom stereocenters. The maximum Gasteiger partial charge on any atom is 0.0753 e. The van der Waals surface area contributed by atoms with Crippen LogP contribution in [-0.2, 0) is 0 Å². The summed E-state index contributed by atoms with van der Waals surface area (Å²) in [4.78, 5) is 8.22. The van der Waals surface area contributed by atoms with Crippen molar-refractivity contribution in [2.75, 3.05) is 0 Å². The Labute approximate surface area is 85.8 Å². The molecular weight excluding hydrogens is 174 g/mol. The Morgan fingerprint density at radius 2 is 2.21 bits per heavy atom. The van der Waals surface area contributed by atoms with E-state index in [1.54, 1.807) is 18.6 Å². The van der Waals surface area contributed by atoms with E-state index in [1.807, 2.05) is 0 Å². The second-order valence-corrected chi connectivity index (χ2v) is 3.87. The average molecular weight is 193 g/mol. The molecule has 0 spiro atoms. The summed E-state index contributed by atoms with van der Waals surface area (Å²) < 4.78 is 0. The number of hydrogen-bond acceptors (Lipinski definition) is 3. The van der Waals surface area contributed by atoms with Crippen molar-refractivity contribution >= 4 is 0 Å². The Bertz CT molecular complexity index is 248. The van der Waals surface area contributed by atoms with Gasteiger partial charge in [-0.05, 0) is 12.3 Å². The second-order valence-electron chi connectivity index (χ2n) is 3.87. The zero-order valence-electron chi connectivity index (χ0n) is 8.98. The molecule has 2 atom stereocenters. The Balaban J connectivity index is 2.46. The van der Waals surface area contributed by atoms with Crippen LogP contribution in [0.25, 0.3) is 0 Å². The quantitative estimate of drug-likeness (QED) is 0.780. The van der Waals surface area contributed by atoms with E-state index >= 15 is 0 Å². The first kappa shape index (κ1) is 11.1. The fourth-order valence-electron chi connectivity index (χ4n) is 1.67. The molecule has 1 rings (SSSR count). The summed E-state index contributed by atoms with van der Waals surface area (Å²) in [7, 11) is 0. The molecule has 0 bridgehead atoms. The minimum absolute atomic E-state index is 0.0326. The molecule has 1 aromatic rings. The Morgan fingerprint density at radius 3 is 2.79 bits per heavy atom. The highest BCUT2D eigenvalue weighted by atomic mass is 14.8. The molecular formula is C11H19N3. The minimum atomic E-state index is 0.0326. The SMILES string of the molecule is CCCC(C)CC(N)c1cnccn1. The highest BCUT2D eigenvalue weighted by Gasteiger charge is 2.11. The van der Waals surface area contributed by atoms with Gasteiger partial charge in [-0.2, -0.15) is 0 Å². The van der Waals surface area contributed by atoms with Gasteiger partial charge in [-0.1, -0.05) is 26.7 Å². The zero-order chi connectivity index (χ0) is 10.4. The number of rotatable bonds is 5. The fourth-order valence-corrected chi connectivity index (χ4v) is 1.67. The molecule has 14 heavy (non-hydrogen) atoms. The van der Waals surface area contributed by atoms with E-state index in [1.165, 1.54) is 12.8 Å². The largest absolute Gasteiger partial charge is 0.323 e. The van der Waals surface area contributed by atoms with Crippen molar-refractivity contribution in [3.8, 4) is 0 Å². The molecule has 78 valence electrons. The third-order valence-corrected chi connectivity index (χ3v) is 2.40. The normalized spacial score (nSPS) is 15.1. The van der Waals surface area contributed by atoms with Crippen LogP contribution in [0.4, 0.5) is 0 Å².